The predicted octanol–water partition coefficient (Wildman–Crippen LogP) is 7.82. The maximum Gasteiger partial charge on any atom is 0.335 e. The number of carboxylic acids is 1. The van der Waals surface area contributed by atoms with Crippen molar-refractivity contribution in [1.82, 2.24) is 4.57 Å². The molecule has 0 unspecified atom stereocenters. The van der Waals surface area contributed by atoms with Gasteiger partial charge >= 0.3 is 5.97 Å². The monoisotopic (exact) mass is 516 g/mol. The Balaban J connectivity index is 1.61. The van der Waals surface area contributed by atoms with Gasteiger partial charge in [0.25, 0.3) is 0 Å². The quantitative estimate of drug-likeness (QED) is 0.198. The molecule has 1 aromatic heterocycles. The molecule has 0 amide bonds. The fourth-order valence-corrected chi connectivity index (χ4v) is 4.46. The molecule has 0 aliphatic heterocycles. The summed E-state index contributed by atoms with van der Waals surface area (Å²) in [6, 6.07) is 26.1. The van der Waals surface area contributed by atoms with Crippen LogP contribution in [-0.4, -0.2) is 25.9 Å². The standard InChI is InChI=1S/C31H24N4O4/c1-18(2)20-10-12-23(13-11-20)35-27-15-19(17-32)9-14-25(27)28(30(35)37)34-33-26-8-4-7-24(29(26)36)21-5-3-6-22(16-21)31(38)39/h3-16,18,36-37H,1-2H3,(H,38,39). The number of aromatic hydroxyl groups is 2. The molecule has 0 aliphatic carbocycles. The molecule has 39 heavy (non-hydrogen) atoms. The summed E-state index contributed by atoms with van der Waals surface area (Å²) in [5, 5.41) is 50.1. The molecule has 0 atom stereocenters. The Hall–Kier alpha value is -5.42. The lowest BCUT2D eigenvalue weighted by Crippen LogP contribution is -1.95. The van der Waals surface area contributed by atoms with Gasteiger partial charge in [-0.05, 0) is 65.6 Å². The minimum Gasteiger partial charge on any atom is -0.505 e. The Morgan fingerprint density at radius 3 is 2.36 bits per heavy atom. The average Bonchev–Trinajstić information content (AvgIpc) is 3.22. The minimum atomic E-state index is -1.07. The second-order valence-corrected chi connectivity index (χ2v) is 9.36. The van der Waals surface area contributed by atoms with Crippen LogP contribution in [0.25, 0.3) is 27.7 Å². The van der Waals surface area contributed by atoms with Crippen LogP contribution in [0.4, 0.5) is 11.4 Å². The van der Waals surface area contributed by atoms with E-state index in [9.17, 15) is 25.4 Å². The Morgan fingerprint density at radius 2 is 1.67 bits per heavy atom. The van der Waals surface area contributed by atoms with Crippen molar-refractivity contribution in [2.75, 3.05) is 0 Å². The van der Waals surface area contributed by atoms with Crippen LogP contribution in [0, 0.1) is 11.3 Å². The molecule has 3 N–H and O–H groups in total. The number of azo groups is 1. The number of rotatable bonds is 6. The predicted molar refractivity (Wildman–Crippen MR) is 148 cm³/mol. The number of para-hydroxylation sites is 1. The zero-order valence-corrected chi connectivity index (χ0v) is 21.2. The maximum atomic E-state index is 11.4. The third-order valence-electron chi connectivity index (χ3n) is 6.56. The third-order valence-corrected chi connectivity index (χ3v) is 6.56. The van der Waals surface area contributed by atoms with Crippen molar-refractivity contribution in [2.45, 2.75) is 19.8 Å². The van der Waals surface area contributed by atoms with Gasteiger partial charge in [-0.2, -0.15) is 5.26 Å². The molecule has 0 aliphatic rings. The molecule has 0 bridgehead atoms. The molecular weight excluding hydrogens is 492 g/mol. The fraction of sp³-hybridized carbons (Fsp3) is 0.0968. The zero-order valence-electron chi connectivity index (χ0n) is 21.2. The van der Waals surface area contributed by atoms with E-state index in [1.165, 1.54) is 12.1 Å². The van der Waals surface area contributed by atoms with E-state index in [-0.39, 0.29) is 28.6 Å². The van der Waals surface area contributed by atoms with Crippen LogP contribution in [0.5, 0.6) is 11.6 Å². The van der Waals surface area contributed by atoms with Gasteiger partial charge in [-0.15, -0.1) is 10.2 Å². The summed E-state index contributed by atoms with van der Waals surface area (Å²) in [6.45, 7) is 4.20. The number of fused-ring (bicyclic) bond motifs is 1. The van der Waals surface area contributed by atoms with Gasteiger partial charge in [0, 0.05) is 16.6 Å². The van der Waals surface area contributed by atoms with Gasteiger partial charge in [-0.25, -0.2) is 4.79 Å². The van der Waals surface area contributed by atoms with Crippen LogP contribution < -0.4 is 0 Å². The fourth-order valence-electron chi connectivity index (χ4n) is 4.46. The van der Waals surface area contributed by atoms with Gasteiger partial charge < -0.3 is 15.3 Å². The van der Waals surface area contributed by atoms with E-state index in [0.29, 0.717) is 39.2 Å². The molecule has 5 rings (SSSR count). The molecule has 4 aromatic carbocycles. The highest BCUT2D eigenvalue weighted by Crippen LogP contribution is 2.43. The number of carbonyl (C=O) groups is 1. The van der Waals surface area contributed by atoms with Crippen LogP contribution in [0.1, 0.15) is 41.3 Å². The number of aromatic carboxylic acids is 1. The van der Waals surface area contributed by atoms with Gasteiger partial charge in [0.2, 0.25) is 5.88 Å². The molecule has 0 saturated carbocycles. The smallest absolute Gasteiger partial charge is 0.335 e. The van der Waals surface area contributed by atoms with Crippen LogP contribution in [0.15, 0.2) is 95.2 Å². The summed E-state index contributed by atoms with van der Waals surface area (Å²) in [7, 11) is 0. The second kappa shape index (κ2) is 10.1. The number of nitriles is 1. The maximum absolute atomic E-state index is 11.4. The van der Waals surface area contributed by atoms with E-state index in [1.807, 2.05) is 24.3 Å². The van der Waals surface area contributed by atoms with Crippen molar-refractivity contribution < 1.29 is 20.1 Å². The third kappa shape index (κ3) is 4.69. The van der Waals surface area contributed by atoms with Gasteiger partial charge in [0.1, 0.15) is 5.69 Å². The highest BCUT2D eigenvalue weighted by molar-refractivity contribution is 5.97. The SMILES string of the molecule is CC(C)c1ccc(-n2c(O)c(N=Nc3cccc(-c4cccc(C(=O)O)c4)c3O)c3ccc(C#N)cc32)cc1. The van der Waals surface area contributed by atoms with Crippen LogP contribution >= 0.6 is 0 Å². The molecule has 192 valence electrons. The average molecular weight is 517 g/mol. The molecule has 0 saturated heterocycles. The normalized spacial score (nSPS) is 11.3. The highest BCUT2D eigenvalue weighted by Gasteiger charge is 2.19. The van der Waals surface area contributed by atoms with Crippen molar-refractivity contribution in [3.8, 4) is 34.5 Å². The summed E-state index contributed by atoms with van der Waals surface area (Å²) < 4.78 is 1.61. The number of hydrogen-bond donors (Lipinski definition) is 3. The van der Waals surface area contributed by atoms with Crippen molar-refractivity contribution >= 4 is 28.2 Å². The van der Waals surface area contributed by atoms with Crippen molar-refractivity contribution in [2.24, 2.45) is 10.2 Å². The largest absolute Gasteiger partial charge is 0.505 e. The summed E-state index contributed by atoms with van der Waals surface area (Å²) in [4.78, 5) is 11.4. The first-order valence-corrected chi connectivity index (χ1v) is 12.2. The summed E-state index contributed by atoms with van der Waals surface area (Å²) in [5.74, 6) is -1.06. The van der Waals surface area contributed by atoms with Gasteiger partial charge in [-0.3, -0.25) is 4.57 Å². The van der Waals surface area contributed by atoms with Crippen LogP contribution in [0.3, 0.4) is 0 Å². The number of phenolic OH excluding ortho intramolecular Hbond substituents is 1. The molecule has 5 aromatic rings. The highest BCUT2D eigenvalue weighted by atomic mass is 16.4. The lowest BCUT2D eigenvalue weighted by molar-refractivity contribution is 0.0697. The van der Waals surface area contributed by atoms with Crippen molar-refractivity contribution in [1.29, 1.82) is 5.26 Å². The lowest BCUT2D eigenvalue weighted by Gasteiger charge is -2.10. The topological polar surface area (TPSA) is 131 Å². The van der Waals surface area contributed by atoms with Crippen molar-refractivity contribution in [3.05, 3.63) is 102 Å². The van der Waals surface area contributed by atoms with E-state index in [4.69, 9.17) is 0 Å². The second-order valence-electron chi connectivity index (χ2n) is 9.36. The Bertz CT molecular complexity index is 1790. The van der Waals surface area contributed by atoms with E-state index in [0.717, 1.165) is 5.56 Å². The van der Waals surface area contributed by atoms with E-state index < -0.39 is 5.97 Å². The Kier molecular flexibility index (Phi) is 6.57. The van der Waals surface area contributed by atoms with Crippen molar-refractivity contribution in [3.63, 3.8) is 0 Å². The van der Waals surface area contributed by atoms with E-state index >= 15 is 0 Å². The van der Waals surface area contributed by atoms with Gasteiger partial charge in [0.05, 0.1) is 22.7 Å². The number of nitrogens with zero attached hydrogens (tertiary/aromatic N) is 4. The van der Waals surface area contributed by atoms with E-state index in [1.54, 1.807) is 53.1 Å². The van der Waals surface area contributed by atoms with Gasteiger partial charge in [-0.1, -0.05) is 50.2 Å². The van der Waals surface area contributed by atoms with E-state index in [2.05, 4.69) is 30.1 Å². The summed E-state index contributed by atoms with van der Waals surface area (Å²) in [5.41, 5.74) is 4.18. The summed E-state index contributed by atoms with van der Waals surface area (Å²) >= 11 is 0. The number of phenols is 1. The van der Waals surface area contributed by atoms with Crippen LogP contribution in [-0.2, 0) is 0 Å². The first-order valence-electron chi connectivity index (χ1n) is 12.2. The first-order chi connectivity index (χ1) is 18.8. The zero-order chi connectivity index (χ0) is 27.7. The molecule has 0 radical (unpaired) electrons. The minimum absolute atomic E-state index is 0.0924. The lowest BCUT2D eigenvalue weighted by atomic mass is 10.0. The number of carboxylic acid groups (broad SMARTS) is 1. The van der Waals surface area contributed by atoms with Crippen LogP contribution in [0.2, 0.25) is 0 Å². The molecule has 8 heteroatoms. The Labute approximate surface area is 224 Å². The molecule has 0 fully saturated rings. The van der Waals surface area contributed by atoms with Gasteiger partial charge in [0.15, 0.2) is 11.4 Å². The molecule has 8 nitrogen and oxygen atoms in total. The summed E-state index contributed by atoms with van der Waals surface area (Å²) in [6.07, 6.45) is 0. The first kappa shape index (κ1) is 25.2. The Morgan fingerprint density at radius 1 is 0.923 bits per heavy atom. The number of benzene rings is 4. The molecular formula is C31H24N4O4. The molecule has 1 heterocycles. The molecule has 0 spiro atoms. The number of hydrogen-bond acceptors (Lipinski definition) is 6. The number of aromatic nitrogens is 1.